The van der Waals surface area contributed by atoms with Gasteiger partial charge in [0.15, 0.2) is 0 Å². The maximum Gasteiger partial charge on any atom is 0.432 e. The van der Waals surface area contributed by atoms with Crippen LogP contribution in [0.3, 0.4) is 0 Å². The summed E-state index contributed by atoms with van der Waals surface area (Å²) in [6.45, 7) is 8.18. The van der Waals surface area contributed by atoms with Crippen LogP contribution in [0.4, 0.5) is 5.69 Å². The second-order valence-corrected chi connectivity index (χ2v) is 5.45. The molecule has 0 atom stereocenters. The van der Waals surface area contributed by atoms with Crippen molar-refractivity contribution >= 4 is 13.4 Å². The summed E-state index contributed by atoms with van der Waals surface area (Å²) < 4.78 is 22.7. The molecule has 0 aromatic heterocycles. The SMILES string of the molecule is CCOP(=O)(Nc1c(C)cccc1C)OCC. The van der Waals surface area contributed by atoms with Gasteiger partial charge in [0.2, 0.25) is 0 Å². The van der Waals surface area contributed by atoms with E-state index >= 15 is 0 Å². The van der Waals surface area contributed by atoms with E-state index in [0.717, 1.165) is 16.8 Å². The van der Waals surface area contributed by atoms with Gasteiger partial charge < -0.3 is 0 Å². The van der Waals surface area contributed by atoms with Crippen LogP contribution in [-0.4, -0.2) is 13.2 Å². The highest BCUT2D eigenvalue weighted by Gasteiger charge is 2.24. The Morgan fingerprint density at radius 1 is 1.12 bits per heavy atom. The minimum absolute atomic E-state index is 0.342. The molecule has 1 aromatic carbocycles. The lowest BCUT2D eigenvalue weighted by Crippen LogP contribution is -2.07. The molecule has 0 heterocycles. The maximum absolute atomic E-state index is 12.3. The zero-order valence-electron chi connectivity index (χ0n) is 10.8. The van der Waals surface area contributed by atoms with E-state index in [1.165, 1.54) is 0 Å². The summed E-state index contributed by atoms with van der Waals surface area (Å²) in [5.74, 6) is 0. The van der Waals surface area contributed by atoms with Crippen molar-refractivity contribution in [2.45, 2.75) is 27.7 Å². The van der Waals surface area contributed by atoms with E-state index in [-0.39, 0.29) is 0 Å². The Balaban J connectivity index is 2.97. The molecule has 0 saturated carbocycles. The van der Waals surface area contributed by atoms with Crippen molar-refractivity contribution < 1.29 is 13.6 Å². The van der Waals surface area contributed by atoms with Gasteiger partial charge in [-0.2, -0.15) is 0 Å². The summed E-state index contributed by atoms with van der Waals surface area (Å²) in [7, 11) is -3.25. The third kappa shape index (κ3) is 3.84. The van der Waals surface area contributed by atoms with Crippen molar-refractivity contribution in [1.82, 2.24) is 0 Å². The minimum atomic E-state index is -3.25. The highest BCUT2D eigenvalue weighted by Crippen LogP contribution is 2.48. The summed E-state index contributed by atoms with van der Waals surface area (Å²) in [6, 6.07) is 5.87. The van der Waals surface area contributed by atoms with Gasteiger partial charge in [-0.25, -0.2) is 4.57 Å². The molecule has 0 amide bonds. The van der Waals surface area contributed by atoms with Crippen molar-refractivity contribution in [2.75, 3.05) is 18.3 Å². The predicted molar refractivity (Wildman–Crippen MR) is 70.4 cm³/mol. The van der Waals surface area contributed by atoms with E-state index < -0.39 is 7.75 Å². The van der Waals surface area contributed by atoms with Gasteiger partial charge in [-0.3, -0.25) is 14.1 Å². The van der Waals surface area contributed by atoms with Crippen LogP contribution in [0.2, 0.25) is 0 Å². The van der Waals surface area contributed by atoms with Crippen LogP contribution in [-0.2, 0) is 13.6 Å². The first kappa shape index (κ1) is 14.2. The molecule has 0 spiro atoms. The first-order valence-corrected chi connectivity index (χ1v) is 7.30. The normalized spacial score (nSPS) is 11.5. The zero-order valence-corrected chi connectivity index (χ0v) is 11.7. The minimum Gasteiger partial charge on any atom is -0.293 e. The van der Waals surface area contributed by atoms with E-state index in [1.54, 1.807) is 13.8 Å². The lowest BCUT2D eigenvalue weighted by atomic mass is 10.1. The fraction of sp³-hybridized carbons (Fsp3) is 0.500. The second-order valence-electron chi connectivity index (χ2n) is 3.71. The molecule has 0 aliphatic heterocycles. The van der Waals surface area contributed by atoms with Crippen LogP contribution < -0.4 is 5.09 Å². The fourth-order valence-corrected chi connectivity index (χ4v) is 3.08. The van der Waals surface area contributed by atoms with Gasteiger partial charge in [-0.15, -0.1) is 0 Å². The number of anilines is 1. The molecule has 4 nitrogen and oxygen atoms in total. The molecule has 1 aromatic rings. The van der Waals surface area contributed by atoms with Gasteiger partial charge in [-0.05, 0) is 38.8 Å². The topological polar surface area (TPSA) is 47.6 Å². The Morgan fingerprint density at radius 2 is 1.59 bits per heavy atom. The third-order valence-electron chi connectivity index (χ3n) is 2.33. The molecule has 0 aliphatic carbocycles. The Kier molecular flexibility index (Phi) is 5.19. The fourth-order valence-electron chi connectivity index (χ4n) is 1.57. The summed E-state index contributed by atoms with van der Waals surface area (Å²) >= 11 is 0. The van der Waals surface area contributed by atoms with Crippen LogP contribution >= 0.6 is 7.75 Å². The quantitative estimate of drug-likeness (QED) is 0.785. The van der Waals surface area contributed by atoms with E-state index in [9.17, 15) is 4.57 Å². The largest absolute Gasteiger partial charge is 0.432 e. The lowest BCUT2D eigenvalue weighted by Gasteiger charge is -2.21. The molecule has 0 unspecified atom stereocenters. The first-order chi connectivity index (χ1) is 8.02. The lowest BCUT2D eigenvalue weighted by molar-refractivity contribution is 0.225. The zero-order chi connectivity index (χ0) is 12.9. The molecule has 0 saturated heterocycles. The van der Waals surface area contributed by atoms with Gasteiger partial charge in [0.25, 0.3) is 0 Å². The van der Waals surface area contributed by atoms with Crippen molar-refractivity contribution in [3.8, 4) is 0 Å². The van der Waals surface area contributed by atoms with Crippen LogP contribution in [0.5, 0.6) is 0 Å². The first-order valence-electron chi connectivity index (χ1n) is 5.76. The summed E-state index contributed by atoms with van der Waals surface area (Å²) in [5, 5.41) is 2.90. The third-order valence-corrected chi connectivity index (χ3v) is 4.02. The number of hydrogen-bond donors (Lipinski definition) is 1. The van der Waals surface area contributed by atoms with Crippen LogP contribution in [0, 0.1) is 13.8 Å². The van der Waals surface area contributed by atoms with Crippen molar-refractivity contribution in [1.29, 1.82) is 0 Å². The van der Waals surface area contributed by atoms with Gasteiger partial charge in [0.1, 0.15) is 0 Å². The number of benzene rings is 1. The highest BCUT2D eigenvalue weighted by molar-refractivity contribution is 7.55. The number of nitrogens with one attached hydrogen (secondary N) is 1. The molecule has 0 radical (unpaired) electrons. The smallest absolute Gasteiger partial charge is 0.293 e. The molecule has 5 heteroatoms. The Hall–Kier alpha value is -0.830. The van der Waals surface area contributed by atoms with E-state index in [2.05, 4.69) is 5.09 Å². The molecule has 96 valence electrons. The summed E-state index contributed by atoms with van der Waals surface area (Å²) in [4.78, 5) is 0. The summed E-state index contributed by atoms with van der Waals surface area (Å²) in [6.07, 6.45) is 0. The molecular formula is C12H20NO3P. The van der Waals surface area contributed by atoms with E-state index in [4.69, 9.17) is 9.05 Å². The second kappa shape index (κ2) is 6.20. The average Bonchev–Trinajstić information content (AvgIpc) is 2.24. The molecular weight excluding hydrogens is 237 g/mol. The molecule has 1 rings (SSSR count). The van der Waals surface area contributed by atoms with E-state index in [0.29, 0.717) is 13.2 Å². The van der Waals surface area contributed by atoms with E-state index in [1.807, 2.05) is 32.0 Å². The number of para-hydroxylation sites is 1. The predicted octanol–water partition coefficient (Wildman–Crippen LogP) is 3.90. The molecule has 0 bridgehead atoms. The van der Waals surface area contributed by atoms with Crippen LogP contribution in [0.15, 0.2) is 18.2 Å². The Morgan fingerprint density at radius 3 is 2.00 bits per heavy atom. The molecule has 17 heavy (non-hydrogen) atoms. The van der Waals surface area contributed by atoms with Crippen LogP contribution in [0.25, 0.3) is 0 Å². The van der Waals surface area contributed by atoms with Gasteiger partial charge in [0, 0.05) is 5.69 Å². The van der Waals surface area contributed by atoms with Gasteiger partial charge >= 0.3 is 7.75 Å². The Bertz CT molecular complexity index is 390. The van der Waals surface area contributed by atoms with Crippen LogP contribution in [0.1, 0.15) is 25.0 Å². The molecule has 0 aliphatic rings. The molecule has 1 N–H and O–H groups in total. The number of rotatable bonds is 6. The molecule has 0 fully saturated rings. The van der Waals surface area contributed by atoms with Gasteiger partial charge in [-0.1, -0.05) is 18.2 Å². The van der Waals surface area contributed by atoms with Crippen molar-refractivity contribution in [3.05, 3.63) is 29.3 Å². The van der Waals surface area contributed by atoms with Gasteiger partial charge in [0.05, 0.1) is 13.2 Å². The Labute approximate surface area is 103 Å². The average molecular weight is 257 g/mol. The number of hydrogen-bond acceptors (Lipinski definition) is 3. The van der Waals surface area contributed by atoms with Crippen molar-refractivity contribution in [3.63, 3.8) is 0 Å². The highest BCUT2D eigenvalue weighted by atomic mass is 31.2. The van der Waals surface area contributed by atoms with Crippen molar-refractivity contribution in [2.24, 2.45) is 0 Å². The standard InChI is InChI=1S/C12H20NO3P/c1-5-15-17(14,16-6-2)13-12-10(3)8-7-9-11(12)4/h7-9H,5-6H2,1-4H3,(H,13,14). The summed E-state index contributed by atoms with van der Waals surface area (Å²) in [5.41, 5.74) is 2.85. The monoisotopic (exact) mass is 257 g/mol. The number of aryl methyl sites for hydroxylation is 2. The maximum atomic E-state index is 12.3.